The molecule has 4 aromatic rings. The highest BCUT2D eigenvalue weighted by molar-refractivity contribution is 5.88. The molecule has 8 nitrogen and oxygen atoms in total. The lowest BCUT2D eigenvalue weighted by molar-refractivity contribution is -0.123. The van der Waals surface area contributed by atoms with Crippen molar-refractivity contribution < 1.29 is 24.2 Å². The van der Waals surface area contributed by atoms with E-state index in [1.807, 2.05) is 24.3 Å². The van der Waals surface area contributed by atoms with Crippen molar-refractivity contribution in [3.63, 3.8) is 0 Å². The van der Waals surface area contributed by atoms with E-state index in [1.165, 1.54) is 12.3 Å². The van der Waals surface area contributed by atoms with Gasteiger partial charge in [0.05, 0.1) is 11.8 Å². The maximum Gasteiger partial charge on any atom is 0.335 e. The summed E-state index contributed by atoms with van der Waals surface area (Å²) in [6.45, 7) is 0.0553. The van der Waals surface area contributed by atoms with Crippen LogP contribution in [0.3, 0.4) is 0 Å². The number of rotatable bonds is 9. The van der Waals surface area contributed by atoms with Gasteiger partial charge in [0.1, 0.15) is 23.6 Å². The van der Waals surface area contributed by atoms with E-state index in [2.05, 4.69) is 15.5 Å². The number of fused-ring (bicyclic) bond motifs is 1. The molecule has 0 spiro atoms. The summed E-state index contributed by atoms with van der Waals surface area (Å²) in [6, 6.07) is 23.0. The highest BCUT2D eigenvalue weighted by Gasteiger charge is 2.06. The SMILES string of the molecule is O=C(COc1cccc2cccnc12)NN=Cc1ccc(OCc2cccc(C(=O)O)c2)cc1. The molecule has 0 fully saturated rings. The van der Waals surface area contributed by atoms with Crippen LogP contribution in [0.4, 0.5) is 0 Å². The summed E-state index contributed by atoms with van der Waals surface area (Å²) in [5.41, 5.74) is 4.86. The Hall–Kier alpha value is -4.72. The number of pyridine rings is 1. The third-order valence-electron chi connectivity index (χ3n) is 4.82. The third kappa shape index (κ3) is 5.95. The van der Waals surface area contributed by atoms with Crippen LogP contribution < -0.4 is 14.9 Å². The Bertz CT molecular complexity index is 1330. The van der Waals surface area contributed by atoms with Crippen LogP contribution in [0, 0.1) is 0 Å². The Morgan fingerprint density at radius 1 is 0.971 bits per heavy atom. The maximum atomic E-state index is 12.1. The summed E-state index contributed by atoms with van der Waals surface area (Å²) >= 11 is 0. The number of aromatic carboxylic acids is 1. The van der Waals surface area contributed by atoms with Crippen molar-refractivity contribution in [2.75, 3.05) is 6.61 Å². The third-order valence-corrected chi connectivity index (χ3v) is 4.82. The predicted molar refractivity (Wildman–Crippen MR) is 127 cm³/mol. The normalized spacial score (nSPS) is 10.8. The number of carbonyl (C=O) groups is 2. The van der Waals surface area contributed by atoms with Crippen LogP contribution >= 0.6 is 0 Å². The molecule has 0 unspecified atom stereocenters. The lowest BCUT2D eigenvalue weighted by atomic mass is 10.1. The van der Waals surface area contributed by atoms with Gasteiger partial charge in [-0.15, -0.1) is 0 Å². The number of hydrazone groups is 1. The molecule has 2 N–H and O–H groups in total. The van der Waals surface area contributed by atoms with E-state index < -0.39 is 11.9 Å². The number of ether oxygens (including phenoxy) is 2. The average Bonchev–Trinajstić information content (AvgIpc) is 2.87. The van der Waals surface area contributed by atoms with Gasteiger partial charge in [-0.25, -0.2) is 10.2 Å². The minimum absolute atomic E-state index is 0.192. The zero-order chi connectivity index (χ0) is 23.8. The number of benzene rings is 3. The zero-order valence-corrected chi connectivity index (χ0v) is 18.0. The largest absolute Gasteiger partial charge is 0.489 e. The number of hydrogen-bond acceptors (Lipinski definition) is 6. The Balaban J connectivity index is 1.25. The number of nitrogens with zero attached hydrogens (tertiary/aromatic N) is 2. The van der Waals surface area contributed by atoms with Crippen LogP contribution in [0.2, 0.25) is 0 Å². The van der Waals surface area contributed by atoms with E-state index in [1.54, 1.807) is 54.7 Å². The molecule has 0 saturated heterocycles. The number of hydrogen-bond donors (Lipinski definition) is 2. The van der Waals surface area contributed by atoms with Crippen LogP contribution in [-0.4, -0.2) is 34.8 Å². The molecule has 3 aromatic carbocycles. The van der Waals surface area contributed by atoms with Crippen molar-refractivity contribution in [3.05, 3.63) is 102 Å². The number of nitrogens with one attached hydrogen (secondary N) is 1. The van der Waals surface area contributed by atoms with E-state index >= 15 is 0 Å². The molecule has 0 atom stereocenters. The van der Waals surface area contributed by atoms with Crippen molar-refractivity contribution in [1.82, 2.24) is 10.4 Å². The molecule has 0 radical (unpaired) electrons. The van der Waals surface area contributed by atoms with Crippen LogP contribution in [0.25, 0.3) is 10.9 Å². The Morgan fingerprint density at radius 3 is 2.59 bits per heavy atom. The zero-order valence-electron chi connectivity index (χ0n) is 18.0. The van der Waals surface area contributed by atoms with Gasteiger partial charge in [-0.1, -0.05) is 30.3 Å². The lowest BCUT2D eigenvalue weighted by Gasteiger charge is -2.08. The van der Waals surface area contributed by atoms with Crippen molar-refractivity contribution in [2.45, 2.75) is 6.61 Å². The summed E-state index contributed by atoms with van der Waals surface area (Å²) in [5, 5.41) is 13.9. The Kier molecular flexibility index (Phi) is 7.09. The van der Waals surface area contributed by atoms with Crippen LogP contribution in [-0.2, 0) is 11.4 Å². The van der Waals surface area contributed by atoms with Crippen molar-refractivity contribution in [2.24, 2.45) is 5.10 Å². The van der Waals surface area contributed by atoms with Crippen molar-refractivity contribution in [3.8, 4) is 11.5 Å². The van der Waals surface area contributed by atoms with E-state index in [4.69, 9.17) is 14.6 Å². The molecule has 0 bridgehead atoms. The number of carbonyl (C=O) groups excluding carboxylic acids is 1. The predicted octanol–water partition coefficient (Wildman–Crippen LogP) is 4.04. The monoisotopic (exact) mass is 455 g/mol. The first-order valence-electron chi connectivity index (χ1n) is 10.4. The minimum atomic E-state index is -0.977. The summed E-state index contributed by atoms with van der Waals surface area (Å²) in [5.74, 6) is -0.219. The van der Waals surface area contributed by atoms with Gasteiger partial charge in [0.25, 0.3) is 5.91 Å². The molecular formula is C26H21N3O5. The molecule has 0 aliphatic carbocycles. The first-order chi connectivity index (χ1) is 16.6. The molecule has 0 aliphatic rings. The number of carboxylic acid groups (broad SMARTS) is 1. The Morgan fingerprint density at radius 2 is 1.76 bits per heavy atom. The molecule has 8 heteroatoms. The fourth-order valence-corrected chi connectivity index (χ4v) is 3.16. The fraction of sp³-hybridized carbons (Fsp3) is 0.0769. The van der Waals surface area contributed by atoms with Gasteiger partial charge in [-0.3, -0.25) is 9.78 Å². The molecule has 0 aliphatic heterocycles. The highest BCUT2D eigenvalue weighted by Crippen LogP contribution is 2.22. The van der Waals surface area contributed by atoms with E-state index in [0.717, 1.165) is 16.5 Å². The molecule has 4 rings (SSSR count). The number of aromatic nitrogens is 1. The molecule has 34 heavy (non-hydrogen) atoms. The van der Waals surface area contributed by atoms with Gasteiger partial charge in [0.15, 0.2) is 6.61 Å². The van der Waals surface area contributed by atoms with Crippen LogP contribution in [0.15, 0.2) is 90.2 Å². The first kappa shape index (κ1) is 22.5. The molecule has 1 amide bonds. The number of amides is 1. The van der Waals surface area contributed by atoms with Crippen LogP contribution in [0.5, 0.6) is 11.5 Å². The summed E-state index contributed by atoms with van der Waals surface area (Å²) in [6.07, 6.45) is 3.18. The van der Waals surface area contributed by atoms with Gasteiger partial charge in [0.2, 0.25) is 0 Å². The fourth-order valence-electron chi connectivity index (χ4n) is 3.16. The summed E-state index contributed by atoms with van der Waals surface area (Å²) in [4.78, 5) is 27.4. The molecule has 1 heterocycles. The topological polar surface area (TPSA) is 110 Å². The molecule has 1 aromatic heterocycles. The van der Waals surface area contributed by atoms with Crippen molar-refractivity contribution >= 4 is 29.0 Å². The summed E-state index contributed by atoms with van der Waals surface area (Å²) < 4.78 is 11.3. The van der Waals surface area contributed by atoms with Crippen LogP contribution in [0.1, 0.15) is 21.5 Å². The second kappa shape index (κ2) is 10.7. The maximum absolute atomic E-state index is 12.1. The molecular weight excluding hydrogens is 434 g/mol. The second-order valence-electron chi connectivity index (χ2n) is 7.28. The quantitative estimate of drug-likeness (QED) is 0.291. The van der Waals surface area contributed by atoms with E-state index in [-0.39, 0.29) is 18.8 Å². The van der Waals surface area contributed by atoms with Gasteiger partial charge in [0, 0.05) is 11.6 Å². The number of carboxylic acids is 1. The molecule has 170 valence electrons. The second-order valence-corrected chi connectivity index (χ2v) is 7.28. The standard InChI is InChI=1S/C26H21N3O5/c30-24(17-34-23-8-2-5-20-7-3-13-27-25(20)23)29-28-15-18-9-11-22(12-10-18)33-16-19-4-1-6-21(14-19)26(31)32/h1-15H,16-17H2,(H,29,30)(H,31,32). The summed E-state index contributed by atoms with van der Waals surface area (Å²) in [7, 11) is 0. The first-order valence-corrected chi connectivity index (χ1v) is 10.4. The average molecular weight is 455 g/mol. The Labute approximate surface area is 195 Å². The van der Waals surface area contributed by atoms with E-state index in [0.29, 0.717) is 17.0 Å². The van der Waals surface area contributed by atoms with Crippen molar-refractivity contribution in [1.29, 1.82) is 0 Å². The van der Waals surface area contributed by atoms with Gasteiger partial charge in [-0.05, 0) is 59.7 Å². The number of para-hydroxylation sites is 1. The highest BCUT2D eigenvalue weighted by atomic mass is 16.5. The molecule has 0 saturated carbocycles. The lowest BCUT2D eigenvalue weighted by Crippen LogP contribution is -2.24. The van der Waals surface area contributed by atoms with Gasteiger partial charge < -0.3 is 14.6 Å². The minimum Gasteiger partial charge on any atom is -0.489 e. The van der Waals surface area contributed by atoms with Gasteiger partial charge in [-0.2, -0.15) is 5.10 Å². The van der Waals surface area contributed by atoms with E-state index in [9.17, 15) is 9.59 Å². The smallest absolute Gasteiger partial charge is 0.335 e. The van der Waals surface area contributed by atoms with Gasteiger partial charge >= 0.3 is 5.97 Å².